The number of anilines is 1. The minimum absolute atomic E-state index is 0.294. The highest BCUT2D eigenvalue weighted by Gasteiger charge is 2.28. The van der Waals surface area contributed by atoms with Gasteiger partial charge >= 0.3 is 5.97 Å². The molecule has 1 fully saturated rings. The Kier molecular flexibility index (Phi) is 7.53. The van der Waals surface area contributed by atoms with E-state index in [2.05, 4.69) is 5.32 Å². The largest absolute Gasteiger partial charge is 0.462 e. The topological polar surface area (TPSA) is 79.0 Å². The molecule has 2 heterocycles. The van der Waals surface area contributed by atoms with Crippen molar-refractivity contribution in [2.24, 2.45) is 0 Å². The van der Waals surface area contributed by atoms with Crippen molar-refractivity contribution in [2.45, 2.75) is 45.4 Å². The van der Waals surface area contributed by atoms with Crippen molar-refractivity contribution in [1.29, 1.82) is 0 Å². The number of sulfonamides is 1. The van der Waals surface area contributed by atoms with Crippen LogP contribution < -0.4 is 5.32 Å². The Morgan fingerprint density at radius 2 is 1.79 bits per heavy atom. The Balaban J connectivity index is 1.78. The summed E-state index contributed by atoms with van der Waals surface area (Å²) < 4.78 is 30.2. The van der Waals surface area contributed by atoms with Gasteiger partial charge in [0.2, 0.25) is 10.0 Å². The molecule has 0 atom stereocenters. The number of thiocarbonyl (C=S) groups is 1. The third-order valence-electron chi connectivity index (χ3n) is 5.37. The summed E-state index contributed by atoms with van der Waals surface area (Å²) in [5, 5.41) is 4.56. The van der Waals surface area contributed by atoms with Crippen LogP contribution in [0.2, 0.25) is 0 Å². The van der Waals surface area contributed by atoms with Gasteiger partial charge in [-0.05, 0) is 50.4 Å². The highest BCUT2D eigenvalue weighted by molar-refractivity contribution is 7.88. The molecule has 0 spiro atoms. The normalized spacial score (nSPS) is 18.5. The second-order valence-electron chi connectivity index (χ2n) is 7.42. The summed E-state index contributed by atoms with van der Waals surface area (Å²) in [6.45, 7) is 4.02. The van der Waals surface area contributed by atoms with Gasteiger partial charge in [0.15, 0.2) is 5.11 Å². The number of nitrogens with one attached hydrogen (secondary N) is 1. The number of carbonyl (C=O) groups excluding carboxylic acids is 1. The molecule has 0 amide bonds. The predicted molar refractivity (Wildman–Crippen MR) is 120 cm³/mol. The molecule has 0 saturated carbocycles. The smallest absolute Gasteiger partial charge is 0.341 e. The highest BCUT2D eigenvalue weighted by Crippen LogP contribution is 2.37. The number of aryl methyl sites for hydroxylation is 1. The molecule has 162 valence electrons. The number of piperazine rings is 1. The van der Waals surface area contributed by atoms with E-state index < -0.39 is 10.0 Å². The first-order valence-electron chi connectivity index (χ1n) is 10.1. The van der Waals surface area contributed by atoms with E-state index in [4.69, 9.17) is 17.0 Å². The minimum atomic E-state index is -3.18. The molecule has 1 aliphatic heterocycles. The van der Waals surface area contributed by atoms with E-state index in [9.17, 15) is 13.2 Å². The van der Waals surface area contributed by atoms with Crippen molar-refractivity contribution in [3.8, 4) is 0 Å². The average molecular weight is 460 g/mol. The van der Waals surface area contributed by atoms with Crippen molar-refractivity contribution < 1.29 is 17.9 Å². The standard InChI is InChI=1S/C19H29N3O4S3/c1-3-26-18(23)16-14-8-6-4-5-7-9-15(14)28-17(16)20-19(27)21-10-12-22(13-11-21)29(2,24)25/h3-13H2,1-2H3,(H,20,27). The Bertz CT molecular complexity index is 858. The van der Waals surface area contributed by atoms with Crippen LogP contribution in [0.5, 0.6) is 0 Å². The molecule has 29 heavy (non-hydrogen) atoms. The van der Waals surface area contributed by atoms with Crippen LogP contribution in [0.15, 0.2) is 0 Å². The number of ether oxygens (including phenoxy) is 1. The van der Waals surface area contributed by atoms with Gasteiger partial charge in [0.05, 0.1) is 18.4 Å². The molecule has 1 N–H and O–H groups in total. The van der Waals surface area contributed by atoms with E-state index in [0.29, 0.717) is 43.5 Å². The van der Waals surface area contributed by atoms with Gasteiger partial charge in [-0.3, -0.25) is 0 Å². The first-order chi connectivity index (χ1) is 13.8. The Labute approximate surface area is 182 Å². The lowest BCUT2D eigenvalue weighted by Crippen LogP contribution is -2.51. The van der Waals surface area contributed by atoms with E-state index >= 15 is 0 Å². The molecular weight excluding hydrogens is 430 g/mol. The molecule has 1 saturated heterocycles. The second-order valence-corrected chi connectivity index (χ2v) is 10.9. The molecule has 10 heteroatoms. The van der Waals surface area contributed by atoms with E-state index in [1.165, 1.54) is 28.3 Å². The molecule has 2 aliphatic rings. The fourth-order valence-electron chi connectivity index (χ4n) is 3.83. The molecule has 0 aromatic carbocycles. The number of hydrogen-bond acceptors (Lipinski definition) is 6. The molecule has 1 aliphatic carbocycles. The summed E-state index contributed by atoms with van der Waals surface area (Å²) in [5.41, 5.74) is 1.74. The van der Waals surface area contributed by atoms with Crippen LogP contribution in [-0.4, -0.2) is 67.7 Å². The molecule has 1 aromatic heterocycles. The first kappa shape index (κ1) is 22.5. The average Bonchev–Trinajstić information content (AvgIpc) is 2.97. The van der Waals surface area contributed by atoms with Crippen LogP contribution in [0.25, 0.3) is 0 Å². The molecule has 3 rings (SSSR count). The summed E-state index contributed by atoms with van der Waals surface area (Å²) in [7, 11) is -3.18. The number of nitrogens with zero attached hydrogens (tertiary/aromatic N) is 2. The van der Waals surface area contributed by atoms with Crippen LogP contribution >= 0.6 is 23.6 Å². The maximum atomic E-state index is 12.7. The highest BCUT2D eigenvalue weighted by atomic mass is 32.2. The lowest BCUT2D eigenvalue weighted by atomic mass is 9.96. The van der Waals surface area contributed by atoms with Crippen molar-refractivity contribution in [3.63, 3.8) is 0 Å². The van der Waals surface area contributed by atoms with Crippen LogP contribution in [0.4, 0.5) is 5.00 Å². The minimum Gasteiger partial charge on any atom is -0.462 e. The second kappa shape index (κ2) is 9.72. The predicted octanol–water partition coefficient (Wildman–Crippen LogP) is 2.86. The molecule has 0 radical (unpaired) electrons. The molecule has 1 aromatic rings. The van der Waals surface area contributed by atoms with Gasteiger partial charge < -0.3 is 15.0 Å². The summed E-state index contributed by atoms with van der Waals surface area (Å²) in [4.78, 5) is 15.9. The maximum Gasteiger partial charge on any atom is 0.341 e. The van der Waals surface area contributed by atoms with Crippen molar-refractivity contribution in [1.82, 2.24) is 9.21 Å². The Morgan fingerprint density at radius 1 is 1.14 bits per heavy atom. The van der Waals surface area contributed by atoms with Crippen molar-refractivity contribution in [3.05, 3.63) is 16.0 Å². The van der Waals surface area contributed by atoms with Crippen molar-refractivity contribution in [2.75, 3.05) is 44.4 Å². The van der Waals surface area contributed by atoms with E-state index in [-0.39, 0.29) is 5.97 Å². The third kappa shape index (κ3) is 5.48. The zero-order chi connectivity index (χ0) is 21.0. The van der Waals surface area contributed by atoms with Crippen molar-refractivity contribution >= 4 is 49.7 Å². The summed E-state index contributed by atoms with van der Waals surface area (Å²) >= 11 is 7.20. The number of rotatable bonds is 4. The zero-order valence-electron chi connectivity index (χ0n) is 17.0. The van der Waals surface area contributed by atoms with Crippen LogP contribution in [0, 0.1) is 0 Å². The SMILES string of the molecule is CCOC(=O)c1c(NC(=S)N2CCN(S(C)(=O)=O)CC2)sc2c1CCCCCC2. The van der Waals surface area contributed by atoms with E-state index in [1.54, 1.807) is 11.3 Å². The number of carbonyl (C=O) groups is 1. The van der Waals surface area contributed by atoms with Gasteiger partial charge in [-0.1, -0.05) is 12.8 Å². The maximum absolute atomic E-state index is 12.7. The number of esters is 1. The number of fused-ring (bicyclic) bond motifs is 1. The molecule has 0 unspecified atom stereocenters. The Morgan fingerprint density at radius 3 is 2.41 bits per heavy atom. The van der Waals surface area contributed by atoms with Gasteiger partial charge in [0.1, 0.15) is 5.00 Å². The van der Waals surface area contributed by atoms with Crippen LogP contribution in [-0.2, 0) is 27.6 Å². The monoisotopic (exact) mass is 459 g/mol. The third-order valence-corrected chi connectivity index (χ3v) is 8.24. The van der Waals surface area contributed by atoms with Gasteiger partial charge in [-0.25, -0.2) is 13.2 Å². The van der Waals surface area contributed by atoms with Gasteiger partial charge in [-0.2, -0.15) is 4.31 Å². The van der Waals surface area contributed by atoms with Gasteiger partial charge in [0, 0.05) is 31.1 Å². The van der Waals surface area contributed by atoms with E-state index in [1.807, 2.05) is 11.8 Å². The van der Waals surface area contributed by atoms with E-state index in [0.717, 1.165) is 36.2 Å². The summed E-state index contributed by atoms with van der Waals surface area (Å²) in [6, 6.07) is 0. The molecule has 0 bridgehead atoms. The zero-order valence-corrected chi connectivity index (χ0v) is 19.5. The lowest BCUT2D eigenvalue weighted by Gasteiger charge is -2.34. The van der Waals surface area contributed by atoms with Crippen LogP contribution in [0.1, 0.15) is 53.4 Å². The molecule has 7 nitrogen and oxygen atoms in total. The number of hydrogen-bond donors (Lipinski definition) is 1. The lowest BCUT2D eigenvalue weighted by molar-refractivity contribution is 0.0526. The Hall–Kier alpha value is -1.23. The fourth-order valence-corrected chi connectivity index (χ4v) is 6.28. The first-order valence-corrected chi connectivity index (χ1v) is 13.2. The summed E-state index contributed by atoms with van der Waals surface area (Å²) in [6.07, 6.45) is 7.71. The fraction of sp³-hybridized carbons (Fsp3) is 0.684. The quantitative estimate of drug-likeness (QED) is 0.548. The number of thiophene rings is 1. The van der Waals surface area contributed by atoms with Crippen LogP contribution in [0.3, 0.4) is 0 Å². The molecular formula is C19H29N3O4S3. The van der Waals surface area contributed by atoms with Gasteiger partial charge in [-0.15, -0.1) is 11.3 Å². The summed E-state index contributed by atoms with van der Waals surface area (Å²) in [5.74, 6) is -0.294. The van der Waals surface area contributed by atoms with Gasteiger partial charge in [0.25, 0.3) is 0 Å².